The zero-order chi connectivity index (χ0) is 14.9. The highest BCUT2D eigenvalue weighted by Crippen LogP contribution is 2.35. The molecular formula is C13H17BrN2O4. The zero-order valence-electron chi connectivity index (χ0n) is 11.4. The maximum atomic E-state index is 10.9. The van der Waals surface area contributed by atoms with Crippen molar-refractivity contribution < 1.29 is 14.8 Å². The Morgan fingerprint density at radius 1 is 1.60 bits per heavy atom. The van der Waals surface area contributed by atoms with Crippen LogP contribution >= 0.6 is 15.9 Å². The number of aliphatic hydroxyl groups excluding tert-OH is 1. The van der Waals surface area contributed by atoms with Crippen molar-refractivity contribution in [2.45, 2.75) is 26.0 Å². The Labute approximate surface area is 125 Å². The summed E-state index contributed by atoms with van der Waals surface area (Å²) >= 11 is 3.41. The van der Waals surface area contributed by atoms with Crippen LogP contribution in [0.5, 0.6) is 0 Å². The summed E-state index contributed by atoms with van der Waals surface area (Å²) in [5.74, 6) is 0. The van der Waals surface area contributed by atoms with Crippen LogP contribution in [0, 0.1) is 17.0 Å². The van der Waals surface area contributed by atoms with Crippen molar-refractivity contribution in [1.82, 2.24) is 0 Å². The second-order valence-corrected chi connectivity index (χ2v) is 5.84. The van der Waals surface area contributed by atoms with Gasteiger partial charge in [-0.15, -0.1) is 0 Å². The van der Waals surface area contributed by atoms with Crippen LogP contribution in [0.15, 0.2) is 16.6 Å². The molecule has 0 aromatic heterocycles. The van der Waals surface area contributed by atoms with Crippen LogP contribution in [-0.2, 0) is 4.74 Å². The Kier molecular flexibility index (Phi) is 4.62. The summed E-state index contributed by atoms with van der Waals surface area (Å²) < 4.78 is 6.19. The summed E-state index contributed by atoms with van der Waals surface area (Å²) in [7, 11) is 0. The Morgan fingerprint density at radius 2 is 2.30 bits per heavy atom. The van der Waals surface area contributed by atoms with Gasteiger partial charge in [-0.1, -0.05) is 0 Å². The fraction of sp³-hybridized carbons (Fsp3) is 0.538. The number of nitro groups is 1. The fourth-order valence-corrected chi connectivity index (χ4v) is 2.90. The van der Waals surface area contributed by atoms with Gasteiger partial charge in [0.1, 0.15) is 0 Å². The van der Waals surface area contributed by atoms with Crippen LogP contribution in [-0.4, -0.2) is 41.9 Å². The Hall–Kier alpha value is -1.18. The van der Waals surface area contributed by atoms with E-state index in [-0.39, 0.29) is 29.4 Å². The third kappa shape index (κ3) is 2.94. The summed E-state index contributed by atoms with van der Waals surface area (Å²) in [4.78, 5) is 12.7. The molecule has 2 atom stereocenters. The van der Waals surface area contributed by atoms with E-state index in [2.05, 4.69) is 20.8 Å². The van der Waals surface area contributed by atoms with Gasteiger partial charge < -0.3 is 14.7 Å². The summed E-state index contributed by atoms with van der Waals surface area (Å²) in [6, 6.07) is 3.48. The normalized spacial score (nSPS) is 22.9. The largest absolute Gasteiger partial charge is 0.394 e. The van der Waals surface area contributed by atoms with Gasteiger partial charge in [0, 0.05) is 28.7 Å². The fourth-order valence-electron chi connectivity index (χ4n) is 2.34. The van der Waals surface area contributed by atoms with Gasteiger partial charge in [-0.3, -0.25) is 10.1 Å². The molecule has 1 aliphatic heterocycles. The number of aryl methyl sites for hydroxylation is 1. The van der Waals surface area contributed by atoms with Crippen molar-refractivity contribution in [2.75, 3.05) is 24.7 Å². The van der Waals surface area contributed by atoms with Crippen molar-refractivity contribution in [3.63, 3.8) is 0 Å². The average molecular weight is 345 g/mol. The quantitative estimate of drug-likeness (QED) is 0.672. The van der Waals surface area contributed by atoms with Crippen LogP contribution in [0.3, 0.4) is 0 Å². The third-order valence-corrected chi connectivity index (χ3v) is 4.12. The topological polar surface area (TPSA) is 75.8 Å². The monoisotopic (exact) mass is 344 g/mol. The van der Waals surface area contributed by atoms with E-state index in [1.54, 1.807) is 13.0 Å². The van der Waals surface area contributed by atoms with E-state index >= 15 is 0 Å². The van der Waals surface area contributed by atoms with E-state index in [1.165, 1.54) is 6.07 Å². The van der Waals surface area contributed by atoms with E-state index < -0.39 is 0 Å². The molecule has 0 amide bonds. The number of anilines is 1. The van der Waals surface area contributed by atoms with Crippen LogP contribution < -0.4 is 4.90 Å². The molecule has 0 spiro atoms. The first-order valence-corrected chi connectivity index (χ1v) is 7.17. The Balaban J connectivity index is 2.36. The zero-order valence-corrected chi connectivity index (χ0v) is 13.0. The molecule has 1 aromatic rings. The first-order valence-electron chi connectivity index (χ1n) is 6.37. The van der Waals surface area contributed by atoms with Crippen molar-refractivity contribution in [3.8, 4) is 0 Å². The number of morpholine rings is 1. The molecule has 110 valence electrons. The van der Waals surface area contributed by atoms with E-state index in [0.717, 1.165) is 5.69 Å². The molecule has 1 saturated heterocycles. The number of halogens is 1. The number of nitro benzene ring substituents is 1. The van der Waals surface area contributed by atoms with Gasteiger partial charge in [-0.2, -0.15) is 0 Å². The Bertz CT molecular complexity index is 523. The summed E-state index contributed by atoms with van der Waals surface area (Å²) in [6.07, 6.45) is -0.228. The summed E-state index contributed by atoms with van der Waals surface area (Å²) in [5.41, 5.74) is 1.61. The van der Waals surface area contributed by atoms with E-state index in [0.29, 0.717) is 23.2 Å². The van der Waals surface area contributed by atoms with Gasteiger partial charge in [0.05, 0.1) is 29.9 Å². The molecule has 1 N–H and O–H groups in total. The maximum absolute atomic E-state index is 10.9. The van der Waals surface area contributed by atoms with E-state index in [9.17, 15) is 15.2 Å². The van der Waals surface area contributed by atoms with Gasteiger partial charge in [-0.25, -0.2) is 0 Å². The van der Waals surface area contributed by atoms with Gasteiger partial charge in [0.2, 0.25) is 0 Å². The molecule has 7 heteroatoms. The van der Waals surface area contributed by atoms with Crippen molar-refractivity contribution in [1.29, 1.82) is 0 Å². The first-order chi connectivity index (χ1) is 9.43. The lowest BCUT2D eigenvalue weighted by Crippen LogP contribution is -2.49. The molecule has 0 radical (unpaired) electrons. The van der Waals surface area contributed by atoms with Crippen LogP contribution in [0.2, 0.25) is 0 Å². The van der Waals surface area contributed by atoms with Gasteiger partial charge in [0.25, 0.3) is 5.69 Å². The predicted molar refractivity (Wildman–Crippen MR) is 79.2 cm³/mol. The molecule has 2 unspecified atom stereocenters. The van der Waals surface area contributed by atoms with Crippen LogP contribution in [0.25, 0.3) is 0 Å². The second-order valence-electron chi connectivity index (χ2n) is 4.99. The van der Waals surface area contributed by atoms with E-state index in [1.807, 2.05) is 6.92 Å². The van der Waals surface area contributed by atoms with Crippen molar-refractivity contribution in [3.05, 3.63) is 32.3 Å². The molecule has 1 aliphatic rings. The van der Waals surface area contributed by atoms with Crippen molar-refractivity contribution in [2.24, 2.45) is 0 Å². The molecule has 0 aliphatic carbocycles. The van der Waals surface area contributed by atoms with Gasteiger partial charge in [-0.05, 0) is 35.8 Å². The summed E-state index contributed by atoms with van der Waals surface area (Å²) in [6.45, 7) is 4.80. The smallest absolute Gasteiger partial charge is 0.273 e. The first kappa shape index (κ1) is 15.2. The molecule has 1 heterocycles. The number of hydrogen-bond donors (Lipinski definition) is 1. The third-order valence-electron chi connectivity index (χ3n) is 3.48. The van der Waals surface area contributed by atoms with Crippen LogP contribution in [0.4, 0.5) is 11.4 Å². The standard InChI is InChI=1S/C13H17BrN2O4/c1-8-3-13(11(14)4-12(8)16(18)19)15-5-10(6-17)20-7-9(15)2/h3-4,9-10,17H,5-7H2,1-2H3. The number of nitrogens with zero attached hydrogens (tertiary/aromatic N) is 2. The highest BCUT2D eigenvalue weighted by atomic mass is 79.9. The summed E-state index contributed by atoms with van der Waals surface area (Å²) in [5, 5.41) is 20.2. The van der Waals surface area contributed by atoms with Crippen molar-refractivity contribution >= 4 is 27.3 Å². The molecular weight excluding hydrogens is 328 g/mol. The van der Waals surface area contributed by atoms with Crippen LogP contribution in [0.1, 0.15) is 12.5 Å². The Morgan fingerprint density at radius 3 is 2.90 bits per heavy atom. The molecule has 1 fully saturated rings. The molecule has 2 rings (SSSR count). The number of benzene rings is 1. The van der Waals surface area contributed by atoms with Gasteiger partial charge >= 0.3 is 0 Å². The lowest BCUT2D eigenvalue weighted by atomic mass is 10.1. The molecule has 1 aromatic carbocycles. The molecule has 0 saturated carbocycles. The highest BCUT2D eigenvalue weighted by Gasteiger charge is 2.28. The maximum Gasteiger partial charge on any atom is 0.273 e. The number of aliphatic hydroxyl groups is 1. The molecule has 20 heavy (non-hydrogen) atoms. The SMILES string of the molecule is Cc1cc(N2CC(CO)OCC2C)c(Br)cc1[N+](=O)[O-]. The second kappa shape index (κ2) is 6.07. The number of hydrogen-bond acceptors (Lipinski definition) is 5. The molecule has 6 nitrogen and oxygen atoms in total. The lowest BCUT2D eigenvalue weighted by Gasteiger charge is -2.39. The van der Waals surface area contributed by atoms with Gasteiger partial charge in [0.15, 0.2) is 0 Å². The minimum atomic E-state index is -0.386. The lowest BCUT2D eigenvalue weighted by molar-refractivity contribution is -0.385. The molecule has 0 bridgehead atoms. The number of ether oxygens (including phenoxy) is 1. The highest BCUT2D eigenvalue weighted by molar-refractivity contribution is 9.10. The minimum Gasteiger partial charge on any atom is -0.394 e. The van der Waals surface area contributed by atoms with E-state index in [4.69, 9.17) is 4.74 Å². The number of rotatable bonds is 3. The minimum absolute atomic E-state index is 0.0349. The average Bonchev–Trinajstić information content (AvgIpc) is 2.41. The predicted octanol–water partition coefficient (Wildman–Crippen LogP) is 2.25.